The largest absolute Gasteiger partial charge is 0.416 e. The molecule has 8 heteroatoms. The summed E-state index contributed by atoms with van der Waals surface area (Å²) in [5, 5.41) is 8.27. The number of hydroxylamine groups is 1. The summed E-state index contributed by atoms with van der Waals surface area (Å²) >= 11 is 0. The summed E-state index contributed by atoms with van der Waals surface area (Å²) in [6.07, 6.45) is -4.60. The molecule has 1 aromatic carbocycles. The van der Waals surface area contributed by atoms with Crippen molar-refractivity contribution in [1.29, 1.82) is 0 Å². The molecule has 0 bridgehead atoms. The van der Waals surface area contributed by atoms with Crippen molar-refractivity contribution in [2.45, 2.75) is 6.18 Å². The molecule has 4 N–H and O–H groups in total. The first kappa shape index (κ1) is 12.2. The number of guanidine groups is 1. The van der Waals surface area contributed by atoms with Crippen LogP contribution >= 0.6 is 0 Å². The van der Waals surface area contributed by atoms with Gasteiger partial charge in [-0.3, -0.25) is 5.21 Å². The summed E-state index contributed by atoms with van der Waals surface area (Å²) in [5.41, 5.74) is 4.68. The zero-order valence-corrected chi connectivity index (χ0v) is 7.72. The standard InChI is InChI=1S/C8H7F4N3O/c9-5-2-1-4(8(10,11)12)3-6(5)14-7(13)15-16/h1-3,16H,(H3,13,14,15). The molecular weight excluding hydrogens is 230 g/mol. The highest BCUT2D eigenvalue weighted by Gasteiger charge is 2.31. The molecule has 0 aliphatic rings. The molecule has 0 saturated carbocycles. The van der Waals surface area contributed by atoms with Crippen molar-refractivity contribution in [2.75, 3.05) is 0 Å². The number of rotatable bonds is 1. The van der Waals surface area contributed by atoms with Gasteiger partial charge in [0.05, 0.1) is 5.56 Å². The van der Waals surface area contributed by atoms with E-state index < -0.39 is 29.2 Å². The summed E-state index contributed by atoms with van der Waals surface area (Å²) < 4.78 is 49.8. The SMILES string of the molecule is NC(=Nc1cc(C(F)(F)F)ccc1F)NO. The molecule has 0 amide bonds. The number of nitrogens with zero attached hydrogens (tertiary/aromatic N) is 1. The number of halogens is 4. The molecule has 0 saturated heterocycles. The smallest absolute Gasteiger partial charge is 0.368 e. The monoisotopic (exact) mass is 237 g/mol. The Hall–Kier alpha value is -1.83. The van der Waals surface area contributed by atoms with Crippen LogP contribution in [0.15, 0.2) is 23.2 Å². The van der Waals surface area contributed by atoms with Gasteiger partial charge in [0.25, 0.3) is 0 Å². The number of alkyl halides is 3. The number of nitrogens with one attached hydrogen (secondary N) is 1. The van der Waals surface area contributed by atoms with Crippen LogP contribution in [0.1, 0.15) is 5.56 Å². The van der Waals surface area contributed by atoms with E-state index in [0.717, 1.165) is 0 Å². The zero-order chi connectivity index (χ0) is 12.3. The van der Waals surface area contributed by atoms with Crippen LogP contribution in [0.25, 0.3) is 0 Å². The van der Waals surface area contributed by atoms with E-state index in [2.05, 4.69) is 4.99 Å². The van der Waals surface area contributed by atoms with E-state index in [-0.39, 0.29) is 0 Å². The fraction of sp³-hybridized carbons (Fsp3) is 0.125. The van der Waals surface area contributed by atoms with Crippen LogP contribution in [-0.4, -0.2) is 11.2 Å². The first-order chi connectivity index (χ1) is 7.34. The Balaban J connectivity index is 3.19. The minimum Gasteiger partial charge on any atom is -0.368 e. The van der Waals surface area contributed by atoms with Crippen LogP contribution < -0.4 is 11.2 Å². The second kappa shape index (κ2) is 4.35. The number of hydrogen-bond donors (Lipinski definition) is 3. The average molecular weight is 237 g/mol. The Labute approximate surface area is 87.4 Å². The third-order valence-corrected chi connectivity index (χ3v) is 1.63. The Bertz CT molecular complexity index is 416. The minimum absolute atomic E-state index is 0.486. The van der Waals surface area contributed by atoms with Crippen LogP contribution in [-0.2, 0) is 6.18 Å². The number of aliphatic imine (C=N–C) groups is 1. The van der Waals surface area contributed by atoms with Crippen molar-refractivity contribution in [1.82, 2.24) is 5.48 Å². The van der Waals surface area contributed by atoms with E-state index in [4.69, 9.17) is 10.9 Å². The molecule has 1 aromatic rings. The van der Waals surface area contributed by atoms with Crippen LogP contribution in [0.3, 0.4) is 0 Å². The van der Waals surface area contributed by atoms with Crippen LogP contribution in [0.5, 0.6) is 0 Å². The van der Waals surface area contributed by atoms with Crippen LogP contribution in [0, 0.1) is 5.82 Å². The van der Waals surface area contributed by atoms with Crippen molar-refractivity contribution in [3.8, 4) is 0 Å². The topological polar surface area (TPSA) is 70.6 Å². The van der Waals surface area contributed by atoms with Crippen molar-refractivity contribution in [3.63, 3.8) is 0 Å². The van der Waals surface area contributed by atoms with Gasteiger partial charge >= 0.3 is 6.18 Å². The maximum atomic E-state index is 13.0. The molecule has 1 rings (SSSR count). The first-order valence-electron chi connectivity index (χ1n) is 3.95. The Morgan fingerprint density at radius 2 is 2.00 bits per heavy atom. The Morgan fingerprint density at radius 1 is 1.38 bits per heavy atom. The van der Waals surface area contributed by atoms with Gasteiger partial charge in [-0.15, -0.1) is 0 Å². The fourth-order valence-electron chi connectivity index (χ4n) is 0.929. The van der Waals surface area contributed by atoms with Gasteiger partial charge in [-0.05, 0) is 18.2 Å². The molecule has 0 aliphatic heterocycles. The quantitative estimate of drug-likeness (QED) is 0.301. The highest BCUT2D eigenvalue weighted by molar-refractivity contribution is 5.79. The van der Waals surface area contributed by atoms with Crippen LogP contribution in [0.2, 0.25) is 0 Å². The highest BCUT2D eigenvalue weighted by Crippen LogP contribution is 2.32. The third kappa shape index (κ3) is 2.83. The van der Waals surface area contributed by atoms with Gasteiger partial charge in [0.2, 0.25) is 5.96 Å². The van der Waals surface area contributed by atoms with Gasteiger partial charge in [0, 0.05) is 0 Å². The van der Waals surface area contributed by atoms with Gasteiger partial charge < -0.3 is 5.73 Å². The van der Waals surface area contributed by atoms with Crippen molar-refractivity contribution in [3.05, 3.63) is 29.6 Å². The third-order valence-electron chi connectivity index (χ3n) is 1.63. The van der Waals surface area contributed by atoms with Crippen molar-refractivity contribution in [2.24, 2.45) is 10.7 Å². The summed E-state index contributed by atoms with van der Waals surface area (Å²) in [5.74, 6) is -1.59. The highest BCUT2D eigenvalue weighted by atomic mass is 19.4. The molecule has 0 aromatic heterocycles. The molecule has 0 unspecified atom stereocenters. The minimum atomic E-state index is -4.60. The summed E-state index contributed by atoms with van der Waals surface area (Å²) in [7, 11) is 0. The maximum absolute atomic E-state index is 13.0. The van der Waals surface area contributed by atoms with E-state index in [1.807, 2.05) is 0 Å². The Kier molecular flexibility index (Phi) is 3.33. The van der Waals surface area contributed by atoms with Crippen molar-refractivity contribution >= 4 is 11.6 Å². The molecule has 0 atom stereocenters. The van der Waals surface area contributed by atoms with E-state index in [1.54, 1.807) is 0 Å². The van der Waals surface area contributed by atoms with Gasteiger partial charge in [0.1, 0.15) is 11.5 Å². The van der Waals surface area contributed by atoms with E-state index in [0.29, 0.717) is 18.2 Å². The lowest BCUT2D eigenvalue weighted by atomic mass is 10.2. The molecule has 0 heterocycles. The lowest BCUT2D eigenvalue weighted by Crippen LogP contribution is -2.27. The molecule has 0 aliphatic carbocycles. The molecule has 0 radical (unpaired) electrons. The number of hydrogen-bond acceptors (Lipinski definition) is 2. The molecule has 4 nitrogen and oxygen atoms in total. The van der Waals surface area contributed by atoms with Gasteiger partial charge in [0.15, 0.2) is 0 Å². The Morgan fingerprint density at radius 3 is 2.50 bits per heavy atom. The summed E-state index contributed by atoms with van der Waals surface area (Å²) in [6.45, 7) is 0. The van der Waals surface area contributed by atoms with Gasteiger partial charge in [-0.1, -0.05) is 0 Å². The second-order valence-electron chi connectivity index (χ2n) is 2.77. The van der Waals surface area contributed by atoms with E-state index >= 15 is 0 Å². The fourth-order valence-corrected chi connectivity index (χ4v) is 0.929. The lowest BCUT2D eigenvalue weighted by molar-refractivity contribution is -0.137. The van der Waals surface area contributed by atoms with Crippen molar-refractivity contribution < 1.29 is 22.8 Å². The molecule has 16 heavy (non-hydrogen) atoms. The molecular formula is C8H7F4N3O. The normalized spacial score (nSPS) is 12.7. The predicted octanol–water partition coefficient (Wildman–Crippen LogP) is 1.77. The summed E-state index contributed by atoms with van der Waals surface area (Å²) in [6, 6.07) is 1.68. The van der Waals surface area contributed by atoms with Gasteiger partial charge in [-0.2, -0.15) is 13.2 Å². The predicted molar refractivity (Wildman–Crippen MR) is 47.6 cm³/mol. The van der Waals surface area contributed by atoms with E-state index in [1.165, 1.54) is 5.48 Å². The molecule has 88 valence electrons. The lowest BCUT2D eigenvalue weighted by Gasteiger charge is -2.07. The van der Waals surface area contributed by atoms with E-state index in [9.17, 15) is 17.6 Å². The maximum Gasteiger partial charge on any atom is 0.416 e. The second-order valence-corrected chi connectivity index (χ2v) is 2.77. The number of nitrogens with two attached hydrogens (primary N) is 1. The average Bonchev–Trinajstić information content (AvgIpc) is 2.19. The molecule has 0 fully saturated rings. The molecule has 0 spiro atoms. The summed E-state index contributed by atoms with van der Waals surface area (Å²) in [4.78, 5) is 3.21. The zero-order valence-electron chi connectivity index (χ0n) is 7.72. The number of benzene rings is 1. The van der Waals surface area contributed by atoms with Crippen LogP contribution in [0.4, 0.5) is 23.2 Å². The first-order valence-corrected chi connectivity index (χ1v) is 3.95. The van der Waals surface area contributed by atoms with Gasteiger partial charge in [-0.25, -0.2) is 14.9 Å².